The first kappa shape index (κ1) is 18.5. The highest BCUT2D eigenvalue weighted by atomic mass is 16.3. The Kier molecular flexibility index (Phi) is 8.73. The molecule has 1 N–H and O–H groups in total. The van der Waals surface area contributed by atoms with Crippen LogP contribution in [-0.4, -0.2) is 23.3 Å². The molecule has 0 aliphatic carbocycles. The molecule has 0 saturated heterocycles. The standard InChI is InChI=1S/C10H18O3.C7H8/c1-4-5-6-10(7-11,8(2)12)9(3)13;1-7-5-3-2-4-6-7/h7-8,12H,4-6H2,1-3H3;2-6H,1H3. The molecule has 0 fully saturated rings. The van der Waals surface area contributed by atoms with Gasteiger partial charge in [-0.2, -0.15) is 0 Å². The molecule has 2 atom stereocenters. The summed E-state index contributed by atoms with van der Waals surface area (Å²) >= 11 is 0. The maximum Gasteiger partial charge on any atom is 0.145 e. The number of aryl methyl sites for hydroxylation is 1. The average Bonchev–Trinajstić information content (AvgIpc) is 2.41. The van der Waals surface area contributed by atoms with Gasteiger partial charge in [0.15, 0.2) is 0 Å². The largest absolute Gasteiger partial charge is 0.392 e. The van der Waals surface area contributed by atoms with Crippen molar-refractivity contribution in [3.05, 3.63) is 35.9 Å². The van der Waals surface area contributed by atoms with Crippen LogP contribution in [0.15, 0.2) is 30.3 Å². The quantitative estimate of drug-likeness (QED) is 0.641. The van der Waals surface area contributed by atoms with Crippen molar-refractivity contribution in [2.75, 3.05) is 0 Å². The van der Waals surface area contributed by atoms with Crippen molar-refractivity contribution in [3.63, 3.8) is 0 Å². The molecule has 0 heterocycles. The van der Waals surface area contributed by atoms with Gasteiger partial charge >= 0.3 is 0 Å². The molecule has 0 aliphatic heterocycles. The fourth-order valence-electron chi connectivity index (χ4n) is 1.92. The molecule has 3 nitrogen and oxygen atoms in total. The average molecular weight is 278 g/mol. The van der Waals surface area contributed by atoms with Gasteiger partial charge in [0, 0.05) is 0 Å². The number of unbranched alkanes of at least 4 members (excludes halogenated alkanes) is 1. The van der Waals surface area contributed by atoms with Gasteiger partial charge in [-0.3, -0.25) is 4.79 Å². The van der Waals surface area contributed by atoms with Crippen molar-refractivity contribution >= 4 is 12.1 Å². The minimum atomic E-state index is -1.17. The van der Waals surface area contributed by atoms with E-state index in [-0.39, 0.29) is 5.78 Å². The maximum atomic E-state index is 11.3. The number of ketones is 1. The van der Waals surface area contributed by atoms with E-state index in [2.05, 4.69) is 19.1 Å². The molecule has 0 spiro atoms. The van der Waals surface area contributed by atoms with E-state index < -0.39 is 11.5 Å². The Morgan fingerprint density at radius 1 is 1.35 bits per heavy atom. The normalized spacial score (nSPS) is 14.4. The molecule has 0 bridgehead atoms. The van der Waals surface area contributed by atoms with Crippen LogP contribution in [0.5, 0.6) is 0 Å². The van der Waals surface area contributed by atoms with Gasteiger partial charge in [0.25, 0.3) is 0 Å². The first-order chi connectivity index (χ1) is 9.40. The van der Waals surface area contributed by atoms with E-state index in [0.29, 0.717) is 12.7 Å². The zero-order valence-corrected chi connectivity index (χ0v) is 12.9. The summed E-state index contributed by atoms with van der Waals surface area (Å²) in [6, 6.07) is 10.3. The number of hydrogen-bond donors (Lipinski definition) is 1. The van der Waals surface area contributed by atoms with E-state index in [4.69, 9.17) is 0 Å². The Bertz CT molecular complexity index is 398. The number of Topliss-reactive ketones (excluding diaryl/α,β-unsaturated/α-hetero) is 1. The van der Waals surface area contributed by atoms with Gasteiger partial charge in [0.2, 0.25) is 0 Å². The summed E-state index contributed by atoms with van der Waals surface area (Å²) in [6.07, 6.45) is 1.84. The van der Waals surface area contributed by atoms with Gasteiger partial charge in [-0.15, -0.1) is 0 Å². The molecule has 1 rings (SSSR count). The second kappa shape index (κ2) is 9.43. The highest BCUT2D eigenvalue weighted by Gasteiger charge is 2.39. The van der Waals surface area contributed by atoms with Crippen LogP contribution in [0, 0.1) is 12.3 Å². The highest BCUT2D eigenvalue weighted by Crippen LogP contribution is 2.27. The SMILES string of the molecule is CCCCC(C=O)(C(C)=O)C(C)O.Cc1ccccc1. The van der Waals surface area contributed by atoms with Crippen LogP contribution in [0.2, 0.25) is 0 Å². The van der Waals surface area contributed by atoms with E-state index in [1.807, 2.05) is 25.1 Å². The Morgan fingerprint density at radius 3 is 2.15 bits per heavy atom. The lowest BCUT2D eigenvalue weighted by Crippen LogP contribution is -2.41. The molecule has 1 aromatic carbocycles. The Labute approximate surface area is 122 Å². The maximum absolute atomic E-state index is 11.3. The van der Waals surface area contributed by atoms with Gasteiger partial charge < -0.3 is 9.90 Å². The summed E-state index contributed by atoms with van der Waals surface area (Å²) in [5.74, 6) is -0.244. The van der Waals surface area contributed by atoms with Crippen LogP contribution in [0.4, 0.5) is 0 Å². The fraction of sp³-hybridized carbons (Fsp3) is 0.529. The lowest BCUT2D eigenvalue weighted by molar-refractivity contribution is -0.140. The van der Waals surface area contributed by atoms with Crippen LogP contribution >= 0.6 is 0 Å². The third-order valence-corrected chi connectivity index (χ3v) is 3.50. The topological polar surface area (TPSA) is 54.4 Å². The molecule has 2 unspecified atom stereocenters. The third kappa shape index (κ3) is 5.66. The molecule has 3 heteroatoms. The predicted octanol–water partition coefficient (Wildman–Crippen LogP) is 3.33. The minimum Gasteiger partial charge on any atom is -0.392 e. The van der Waals surface area contributed by atoms with Gasteiger partial charge in [-0.25, -0.2) is 0 Å². The van der Waals surface area contributed by atoms with E-state index in [1.165, 1.54) is 19.4 Å². The van der Waals surface area contributed by atoms with Gasteiger partial charge in [-0.05, 0) is 27.2 Å². The van der Waals surface area contributed by atoms with Crippen LogP contribution in [0.3, 0.4) is 0 Å². The number of aldehydes is 1. The predicted molar refractivity (Wildman–Crippen MR) is 81.6 cm³/mol. The number of carbonyl (C=O) groups is 2. The first-order valence-electron chi connectivity index (χ1n) is 7.07. The lowest BCUT2D eigenvalue weighted by Gasteiger charge is -2.27. The second-order valence-corrected chi connectivity index (χ2v) is 5.15. The van der Waals surface area contributed by atoms with Crippen LogP contribution in [0.1, 0.15) is 45.6 Å². The number of aliphatic hydroxyl groups excluding tert-OH is 1. The Balaban J connectivity index is 0.000000428. The molecule has 0 saturated carbocycles. The summed E-state index contributed by atoms with van der Waals surface area (Å²) in [7, 11) is 0. The van der Waals surface area contributed by atoms with E-state index in [9.17, 15) is 14.7 Å². The summed E-state index contributed by atoms with van der Waals surface area (Å²) in [5, 5.41) is 9.41. The lowest BCUT2D eigenvalue weighted by atomic mass is 9.76. The molecule has 0 amide bonds. The van der Waals surface area contributed by atoms with Crippen molar-refractivity contribution < 1.29 is 14.7 Å². The Morgan fingerprint density at radius 2 is 1.90 bits per heavy atom. The zero-order valence-electron chi connectivity index (χ0n) is 12.9. The van der Waals surface area contributed by atoms with Gasteiger partial charge in [0.1, 0.15) is 17.5 Å². The smallest absolute Gasteiger partial charge is 0.145 e. The molecule has 1 aromatic rings. The molecule has 0 aliphatic rings. The molecule has 0 radical (unpaired) electrons. The second-order valence-electron chi connectivity index (χ2n) is 5.15. The summed E-state index contributed by atoms with van der Waals surface area (Å²) in [4.78, 5) is 22.1. The summed E-state index contributed by atoms with van der Waals surface area (Å²) < 4.78 is 0. The number of aliphatic hydroxyl groups is 1. The van der Waals surface area contributed by atoms with Gasteiger partial charge in [-0.1, -0.05) is 55.7 Å². The number of benzene rings is 1. The monoisotopic (exact) mass is 278 g/mol. The van der Waals surface area contributed by atoms with Crippen molar-refractivity contribution in [2.24, 2.45) is 5.41 Å². The van der Waals surface area contributed by atoms with E-state index >= 15 is 0 Å². The number of carbonyl (C=O) groups excluding carboxylic acids is 2. The molecule has 0 aromatic heterocycles. The molecule has 112 valence electrons. The van der Waals surface area contributed by atoms with Crippen molar-refractivity contribution in [1.29, 1.82) is 0 Å². The van der Waals surface area contributed by atoms with Crippen molar-refractivity contribution in [1.82, 2.24) is 0 Å². The fourth-order valence-corrected chi connectivity index (χ4v) is 1.92. The molecular weight excluding hydrogens is 252 g/mol. The van der Waals surface area contributed by atoms with Crippen LogP contribution < -0.4 is 0 Å². The van der Waals surface area contributed by atoms with Crippen LogP contribution in [-0.2, 0) is 9.59 Å². The zero-order chi connectivity index (χ0) is 15.6. The minimum absolute atomic E-state index is 0.244. The van der Waals surface area contributed by atoms with Gasteiger partial charge in [0.05, 0.1) is 6.10 Å². The number of rotatable bonds is 6. The van der Waals surface area contributed by atoms with E-state index in [1.54, 1.807) is 0 Å². The van der Waals surface area contributed by atoms with Crippen LogP contribution in [0.25, 0.3) is 0 Å². The van der Waals surface area contributed by atoms with Crippen molar-refractivity contribution in [2.45, 2.75) is 53.1 Å². The first-order valence-corrected chi connectivity index (χ1v) is 7.07. The summed E-state index contributed by atoms with van der Waals surface area (Å²) in [6.45, 7) is 6.92. The molecular formula is C17H26O3. The molecule has 20 heavy (non-hydrogen) atoms. The number of hydrogen-bond acceptors (Lipinski definition) is 3. The highest BCUT2D eigenvalue weighted by molar-refractivity contribution is 5.97. The van der Waals surface area contributed by atoms with Crippen molar-refractivity contribution in [3.8, 4) is 0 Å². The van der Waals surface area contributed by atoms with E-state index in [0.717, 1.165) is 12.8 Å². The third-order valence-electron chi connectivity index (χ3n) is 3.50. The summed E-state index contributed by atoms with van der Waals surface area (Å²) in [5.41, 5.74) is 0.151. The Hall–Kier alpha value is -1.48.